The van der Waals surface area contributed by atoms with E-state index in [0.29, 0.717) is 15.7 Å². The van der Waals surface area contributed by atoms with Gasteiger partial charge in [0.25, 0.3) is 0 Å². The number of benzene rings is 2. The van der Waals surface area contributed by atoms with Crippen LogP contribution in [0.25, 0.3) is 0 Å². The van der Waals surface area contributed by atoms with Crippen LogP contribution in [0.3, 0.4) is 0 Å². The van der Waals surface area contributed by atoms with Crippen molar-refractivity contribution in [3.05, 3.63) is 52.5 Å². The molecule has 1 heterocycles. The lowest BCUT2D eigenvalue weighted by atomic mass is 10.2. The second kappa shape index (κ2) is 7.34. The van der Waals surface area contributed by atoms with Crippen molar-refractivity contribution in [2.75, 3.05) is 10.7 Å². The third-order valence-electron chi connectivity index (χ3n) is 3.34. The Morgan fingerprint density at radius 1 is 1.21 bits per heavy atom. The molecule has 1 atom stereocenters. The molecule has 0 unspecified atom stereocenters. The molecule has 1 aliphatic rings. The van der Waals surface area contributed by atoms with Crippen LogP contribution in [0.2, 0.25) is 10.0 Å². The second-order valence-electron chi connectivity index (χ2n) is 5.09. The summed E-state index contributed by atoms with van der Waals surface area (Å²) in [7, 11) is 0. The summed E-state index contributed by atoms with van der Waals surface area (Å²) in [6, 6.07) is 12.4. The minimum atomic E-state index is -0.489. The molecular formula is C16H13Cl2N3O2S. The van der Waals surface area contributed by atoms with Gasteiger partial charge in [-0.15, -0.1) is 11.8 Å². The van der Waals surface area contributed by atoms with Gasteiger partial charge < -0.3 is 5.32 Å². The van der Waals surface area contributed by atoms with E-state index in [-0.39, 0.29) is 18.2 Å². The monoisotopic (exact) mass is 381 g/mol. The van der Waals surface area contributed by atoms with Crippen molar-refractivity contribution in [2.24, 2.45) is 0 Å². The first-order valence-electron chi connectivity index (χ1n) is 7.09. The fraction of sp³-hybridized carbons (Fsp3) is 0.125. The van der Waals surface area contributed by atoms with Crippen molar-refractivity contribution >= 4 is 58.2 Å². The molecule has 2 aromatic rings. The van der Waals surface area contributed by atoms with Crippen molar-refractivity contribution in [3.63, 3.8) is 0 Å². The Labute approximate surface area is 153 Å². The number of hydrogen-bond acceptors (Lipinski definition) is 4. The largest absolute Gasteiger partial charge is 0.324 e. The van der Waals surface area contributed by atoms with E-state index in [4.69, 9.17) is 23.2 Å². The van der Waals surface area contributed by atoms with E-state index in [1.807, 2.05) is 24.3 Å². The van der Waals surface area contributed by atoms with E-state index in [9.17, 15) is 9.59 Å². The summed E-state index contributed by atoms with van der Waals surface area (Å²) < 4.78 is 0. The van der Waals surface area contributed by atoms with Gasteiger partial charge in [-0.25, -0.2) is 0 Å². The van der Waals surface area contributed by atoms with Crippen molar-refractivity contribution in [1.82, 2.24) is 5.43 Å². The minimum Gasteiger partial charge on any atom is -0.324 e. The number of thioether (sulfide) groups is 1. The quantitative estimate of drug-likeness (QED) is 0.701. The molecule has 5 nitrogen and oxygen atoms in total. The van der Waals surface area contributed by atoms with Gasteiger partial charge in [0.1, 0.15) is 0 Å². The summed E-state index contributed by atoms with van der Waals surface area (Å²) in [5.74, 6) is -0.507. The Hall–Kier alpha value is -1.89. The lowest BCUT2D eigenvalue weighted by molar-refractivity contribution is -0.123. The number of nitrogens with one attached hydrogen (secondary N) is 3. The maximum absolute atomic E-state index is 12.1. The van der Waals surface area contributed by atoms with E-state index < -0.39 is 5.25 Å². The van der Waals surface area contributed by atoms with Crippen LogP contribution in [0, 0.1) is 0 Å². The fourth-order valence-electron chi connectivity index (χ4n) is 2.18. The van der Waals surface area contributed by atoms with Crippen molar-refractivity contribution < 1.29 is 9.59 Å². The zero-order chi connectivity index (χ0) is 17.1. The zero-order valence-corrected chi connectivity index (χ0v) is 14.6. The minimum absolute atomic E-state index is 0.0377. The molecule has 0 bridgehead atoms. The van der Waals surface area contributed by atoms with Crippen molar-refractivity contribution in [2.45, 2.75) is 16.6 Å². The lowest BCUT2D eigenvalue weighted by Crippen LogP contribution is -2.37. The molecule has 3 N–H and O–H groups in total. The van der Waals surface area contributed by atoms with E-state index in [0.717, 1.165) is 10.6 Å². The second-order valence-corrected chi connectivity index (χ2v) is 7.18. The van der Waals surface area contributed by atoms with Crippen LogP contribution in [0.4, 0.5) is 11.4 Å². The topological polar surface area (TPSA) is 70.2 Å². The molecule has 2 aromatic carbocycles. The van der Waals surface area contributed by atoms with Crippen LogP contribution in [0.1, 0.15) is 6.42 Å². The fourth-order valence-corrected chi connectivity index (χ4v) is 3.62. The van der Waals surface area contributed by atoms with Gasteiger partial charge in [-0.1, -0.05) is 35.3 Å². The third kappa shape index (κ3) is 3.95. The van der Waals surface area contributed by atoms with Crippen molar-refractivity contribution in [1.29, 1.82) is 0 Å². The molecule has 3 rings (SSSR count). The Kier molecular flexibility index (Phi) is 5.18. The van der Waals surface area contributed by atoms with Crippen LogP contribution >= 0.6 is 35.0 Å². The normalized spacial score (nSPS) is 16.1. The van der Waals surface area contributed by atoms with Gasteiger partial charge in [0.15, 0.2) is 0 Å². The molecule has 0 spiro atoms. The number of hydrazine groups is 1. The van der Waals surface area contributed by atoms with Gasteiger partial charge in [0, 0.05) is 16.3 Å². The average Bonchev–Trinajstić information content (AvgIpc) is 2.56. The Bertz CT molecular complexity index is 801. The number of para-hydroxylation sites is 1. The summed E-state index contributed by atoms with van der Waals surface area (Å²) in [5.41, 5.74) is 6.51. The molecule has 0 aromatic heterocycles. The highest BCUT2D eigenvalue weighted by Crippen LogP contribution is 2.36. The maximum Gasteiger partial charge on any atom is 0.239 e. The molecule has 8 heteroatoms. The molecule has 2 amide bonds. The maximum atomic E-state index is 12.1. The van der Waals surface area contributed by atoms with E-state index in [2.05, 4.69) is 16.2 Å². The number of amides is 2. The number of halogens is 2. The van der Waals surface area contributed by atoms with Gasteiger partial charge in [-0.3, -0.25) is 20.4 Å². The molecular weight excluding hydrogens is 369 g/mol. The Morgan fingerprint density at radius 3 is 2.83 bits per heavy atom. The van der Waals surface area contributed by atoms with E-state index in [1.165, 1.54) is 11.8 Å². The summed E-state index contributed by atoms with van der Waals surface area (Å²) in [4.78, 5) is 25.1. The summed E-state index contributed by atoms with van der Waals surface area (Å²) in [6.45, 7) is 0. The molecule has 0 radical (unpaired) electrons. The molecule has 24 heavy (non-hydrogen) atoms. The van der Waals surface area contributed by atoms with Gasteiger partial charge >= 0.3 is 0 Å². The summed E-state index contributed by atoms with van der Waals surface area (Å²) >= 11 is 13.3. The van der Waals surface area contributed by atoms with Crippen LogP contribution < -0.4 is 16.2 Å². The Morgan fingerprint density at radius 2 is 2.00 bits per heavy atom. The number of rotatable bonds is 4. The number of hydrogen-bond donors (Lipinski definition) is 3. The SMILES string of the molecule is O=C(C[C@H]1Sc2ccccc2NC1=O)NNc1cc(Cl)ccc1Cl. The highest BCUT2D eigenvalue weighted by molar-refractivity contribution is 8.01. The lowest BCUT2D eigenvalue weighted by Gasteiger charge is -2.23. The average molecular weight is 382 g/mol. The highest BCUT2D eigenvalue weighted by atomic mass is 35.5. The van der Waals surface area contributed by atoms with Gasteiger partial charge in [0.2, 0.25) is 11.8 Å². The molecule has 0 saturated heterocycles. The molecule has 0 fully saturated rings. The summed E-state index contributed by atoms with van der Waals surface area (Å²) in [5, 5.41) is 3.24. The molecule has 1 aliphatic heterocycles. The first-order chi connectivity index (χ1) is 11.5. The van der Waals surface area contributed by atoms with Gasteiger partial charge in [-0.2, -0.15) is 0 Å². The zero-order valence-electron chi connectivity index (χ0n) is 12.3. The number of carbonyl (C=O) groups excluding carboxylic acids is 2. The Balaban J connectivity index is 1.59. The van der Waals surface area contributed by atoms with Crippen LogP contribution in [0.5, 0.6) is 0 Å². The smallest absolute Gasteiger partial charge is 0.239 e. The predicted molar refractivity (Wildman–Crippen MR) is 97.6 cm³/mol. The first kappa shape index (κ1) is 17.0. The van der Waals surface area contributed by atoms with Crippen LogP contribution in [0.15, 0.2) is 47.4 Å². The van der Waals surface area contributed by atoms with Gasteiger partial charge in [0.05, 0.1) is 21.6 Å². The van der Waals surface area contributed by atoms with Gasteiger partial charge in [-0.05, 0) is 30.3 Å². The van der Waals surface area contributed by atoms with Crippen LogP contribution in [-0.2, 0) is 9.59 Å². The van der Waals surface area contributed by atoms with E-state index >= 15 is 0 Å². The number of anilines is 2. The standard InChI is InChI=1S/C16H13Cl2N3O2S/c17-9-5-6-10(18)12(7-9)20-21-15(22)8-14-16(23)19-11-3-1-2-4-13(11)24-14/h1-7,14,20H,8H2,(H,19,23)(H,21,22)/t14-/m1/s1. The summed E-state index contributed by atoms with van der Waals surface area (Å²) in [6.07, 6.45) is 0.0377. The van der Waals surface area contributed by atoms with Crippen molar-refractivity contribution in [3.8, 4) is 0 Å². The predicted octanol–water partition coefficient (Wildman–Crippen LogP) is 3.94. The van der Waals surface area contributed by atoms with E-state index in [1.54, 1.807) is 18.2 Å². The highest BCUT2D eigenvalue weighted by Gasteiger charge is 2.28. The third-order valence-corrected chi connectivity index (χ3v) is 5.18. The molecule has 124 valence electrons. The van der Waals surface area contributed by atoms with Crippen LogP contribution in [-0.4, -0.2) is 17.1 Å². The molecule has 0 saturated carbocycles. The number of carbonyl (C=O) groups is 2. The molecule has 0 aliphatic carbocycles. The number of fused-ring (bicyclic) bond motifs is 1. The first-order valence-corrected chi connectivity index (χ1v) is 8.73.